The van der Waals surface area contributed by atoms with E-state index in [2.05, 4.69) is 4.98 Å². The number of aromatic nitrogens is 1. The van der Waals surface area contributed by atoms with Gasteiger partial charge in [0.05, 0.1) is 4.90 Å². The Labute approximate surface area is 125 Å². The van der Waals surface area contributed by atoms with Crippen molar-refractivity contribution in [1.29, 1.82) is 0 Å². The van der Waals surface area contributed by atoms with Crippen molar-refractivity contribution >= 4 is 21.0 Å². The second-order valence-electron chi connectivity index (χ2n) is 5.34. The topological polar surface area (TPSA) is 47.0 Å². The maximum Gasteiger partial charge on any atom is 0.175 e. The van der Waals surface area contributed by atoms with Crippen molar-refractivity contribution in [2.45, 2.75) is 24.2 Å². The lowest BCUT2D eigenvalue weighted by molar-refractivity contribution is 0.602. The minimum atomic E-state index is -3.13. The van der Waals surface area contributed by atoms with Crippen LogP contribution in [0.1, 0.15) is 30.4 Å². The molecule has 0 bridgehead atoms. The van der Waals surface area contributed by atoms with Crippen LogP contribution < -0.4 is 0 Å². The SMILES string of the molecule is CS(=O)(=O)c1ccc(C2=C(c3ccncc3)CCC2)cc1. The van der Waals surface area contributed by atoms with Gasteiger partial charge < -0.3 is 0 Å². The predicted octanol–water partition coefficient (Wildman–Crippen LogP) is 3.58. The molecule has 3 nitrogen and oxygen atoms in total. The zero-order valence-corrected chi connectivity index (χ0v) is 12.7. The molecule has 0 amide bonds. The van der Waals surface area contributed by atoms with Crippen LogP contribution in [-0.4, -0.2) is 19.7 Å². The monoisotopic (exact) mass is 299 g/mol. The average molecular weight is 299 g/mol. The summed E-state index contributed by atoms with van der Waals surface area (Å²) in [4.78, 5) is 4.43. The van der Waals surface area contributed by atoms with Gasteiger partial charge in [0.1, 0.15) is 0 Å². The summed E-state index contributed by atoms with van der Waals surface area (Å²) in [6.07, 6.45) is 8.10. The molecule has 4 heteroatoms. The smallest absolute Gasteiger partial charge is 0.175 e. The lowest BCUT2D eigenvalue weighted by Crippen LogP contribution is -1.97. The molecule has 0 saturated carbocycles. The van der Waals surface area contributed by atoms with Crippen molar-refractivity contribution in [3.8, 4) is 0 Å². The molecular weight excluding hydrogens is 282 g/mol. The quantitative estimate of drug-likeness (QED) is 0.870. The molecule has 3 rings (SSSR count). The highest BCUT2D eigenvalue weighted by molar-refractivity contribution is 7.90. The molecule has 1 aromatic carbocycles. The van der Waals surface area contributed by atoms with Gasteiger partial charge in [-0.25, -0.2) is 8.42 Å². The summed E-state index contributed by atoms with van der Waals surface area (Å²) in [5.74, 6) is 0. The van der Waals surface area contributed by atoms with Gasteiger partial charge in [-0.2, -0.15) is 0 Å². The molecule has 2 aromatic rings. The van der Waals surface area contributed by atoms with Gasteiger partial charge in [-0.3, -0.25) is 4.98 Å². The number of rotatable bonds is 3. The number of hydrogen-bond donors (Lipinski definition) is 0. The van der Waals surface area contributed by atoms with Gasteiger partial charge in [-0.05, 0) is 65.8 Å². The number of pyridine rings is 1. The highest BCUT2D eigenvalue weighted by atomic mass is 32.2. The Morgan fingerprint density at radius 3 is 1.90 bits per heavy atom. The first-order valence-electron chi connectivity index (χ1n) is 6.98. The Hall–Kier alpha value is -1.94. The standard InChI is InChI=1S/C17H17NO2S/c1-21(19,20)15-7-5-13(6-8-15)16-3-2-4-17(16)14-9-11-18-12-10-14/h5-12H,2-4H2,1H3. The highest BCUT2D eigenvalue weighted by Gasteiger charge is 2.18. The van der Waals surface area contributed by atoms with Gasteiger partial charge in [-0.15, -0.1) is 0 Å². The van der Waals surface area contributed by atoms with E-state index in [1.165, 1.54) is 23.0 Å². The molecule has 0 spiro atoms. The molecule has 0 saturated heterocycles. The van der Waals surface area contributed by atoms with Crippen LogP contribution in [0.25, 0.3) is 11.1 Å². The van der Waals surface area contributed by atoms with Crippen molar-refractivity contribution in [3.05, 3.63) is 59.9 Å². The third-order valence-electron chi connectivity index (χ3n) is 3.88. The largest absolute Gasteiger partial charge is 0.265 e. The Morgan fingerprint density at radius 2 is 1.38 bits per heavy atom. The van der Waals surface area contributed by atoms with E-state index in [1.807, 2.05) is 36.7 Å². The Balaban J connectivity index is 2.03. The lowest BCUT2D eigenvalue weighted by Gasteiger charge is -2.09. The van der Waals surface area contributed by atoms with Gasteiger partial charge in [0.25, 0.3) is 0 Å². The first-order chi connectivity index (χ1) is 10.1. The molecule has 21 heavy (non-hydrogen) atoms. The fourth-order valence-electron chi connectivity index (χ4n) is 2.84. The van der Waals surface area contributed by atoms with Crippen LogP contribution in [0.2, 0.25) is 0 Å². The number of sulfone groups is 1. The molecule has 0 unspecified atom stereocenters. The van der Waals surface area contributed by atoms with E-state index in [-0.39, 0.29) is 0 Å². The summed E-state index contributed by atoms with van der Waals surface area (Å²) in [7, 11) is -3.13. The zero-order valence-electron chi connectivity index (χ0n) is 11.9. The van der Waals surface area contributed by atoms with E-state index in [0.717, 1.165) is 24.8 Å². The van der Waals surface area contributed by atoms with Crippen LogP contribution in [0.4, 0.5) is 0 Å². The summed E-state index contributed by atoms with van der Waals surface area (Å²) in [6.45, 7) is 0. The summed E-state index contributed by atoms with van der Waals surface area (Å²) in [5.41, 5.74) is 5.00. The maximum atomic E-state index is 11.5. The molecule has 108 valence electrons. The minimum absolute atomic E-state index is 0.371. The maximum absolute atomic E-state index is 11.5. The van der Waals surface area contributed by atoms with Gasteiger partial charge in [-0.1, -0.05) is 12.1 Å². The minimum Gasteiger partial charge on any atom is -0.265 e. The summed E-state index contributed by atoms with van der Waals surface area (Å²) >= 11 is 0. The van der Waals surface area contributed by atoms with Crippen LogP contribution in [0.3, 0.4) is 0 Å². The molecular formula is C17H17NO2S. The molecule has 0 N–H and O–H groups in total. The molecule has 1 aliphatic carbocycles. The summed E-state index contributed by atoms with van der Waals surface area (Å²) in [5, 5.41) is 0. The number of allylic oxidation sites excluding steroid dienone is 2. The highest BCUT2D eigenvalue weighted by Crippen LogP contribution is 2.39. The molecule has 1 heterocycles. The lowest BCUT2D eigenvalue weighted by atomic mass is 9.98. The van der Waals surface area contributed by atoms with E-state index in [9.17, 15) is 8.42 Å². The first kappa shape index (κ1) is 14.0. The molecule has 0 fully saturated rings. The Kier molecular flexibility index (Phi) is 3.64. The van der Waals surface area contributed by atoms with E-state index in [0.29, 0.717) is 4.90 Å². The van der Waals surface area contributed by atoms with Gasteiger partial charge >= 0.3 is 0 Å². The van der Waals surface area contributed by atoms with Crippen molar-refractivity contribution in [3.63, 3.8) is 0 Å². The third kappa shape index (κ3) is 2.90. The fourth-order valence-corrected chi connectivity index (χ4v) is 3.47. The van der Waals surface area contributed by atoms with Crippen LogP contribution >= 0.6 is 0 Å². The number of nitrogens with zero attached hydrogens (tertiary/aromatic N) is 1. The first-order valence-corrected chi connectivity index (χ1v) is 8.88. The number of hydrogen-bond acceptors (Lipinski definition) is 3. The Bertz CT molecular complexity index is 775. The second kappa shape index (κ2) is 5.45. The van der Waals surface area contributed by atoms with Gasteiger partial charge in [0.2, 0.25) is 0 Å². The van der Waals surface area contributed by atoms with Crippen molar-refractivity contribution < 1.29 is 8.42 Å². The van der Waals surface area contributed by atoms with Crippen LogP contribution in [0.5, 0.6) is 0 Å². The Morgan fingerprint density at radius 1 is 0.857 bits per heavy atom. The predicted molar refractivity (Wildman–Crippen MR) is 84.5 cm³/mol. The summed E-state index contributed by atoms with van der Waals surface area (Å²) in [6, 6.07) is 11.3. The zero-order chi connectivity index (χ0) is 14.9. The van der Waals surface area contributed by atoms with Gasteiger partial charge in [0, 0.05) is 18.6 Å². The molecule has 1 aromatic heterocycles. The number of benzene rings is 1. The van der Waals surface area contributed by atoms with Gasteiger partial charge in [0.15, 0.2) is 9.84 Å². The van der Waals surface area contributed by atoms with Crippen LogP contribution in [0.15, 0.2) is 53.7 Å². The molecule has 0 radical (unpaired) electrons. The molecule has 0 aliphatic heterocycles. The van der Waals surface area contributed by atoms with Crippen LogP contribution in [-0.2, 0) is 9.84 Å². The summed E-state index contributed by atoms with van der Waals surface area (Å²) < 4.78 is 23.1. The fraction of sp³-hybridized carbons (Fsp3) is 0.235. The van der Waals surface area contributed by atoms with Crippen molar-refractivity contribution in [2.75, 3.05) is 6.26 Å². The molecule has 1 aliphatic rings. The normalized spacial score (nSPS) is 15.5. The third-order valence-corrected chi connectivity index (χ3v) is 5.01. The van der Waals surface area contributed by atoms with Crippen molar-refractivity contribution in [1.82, 2.24) is 4.98 Å². The van der Waals surface area contributed by atoms with Crippen molar-refractivity contribution in [2.24, 2.45) is 0 Å². The van der Waals surface area contributed by atoms with E-state index >= 15 is 0 Å². The van der Waals surface area contributed by atoms with E-state index in [4.69, 9.17) is 0 Å². The molecule has 0 atom stereocenters. The second-order valence-corrected chi connectivity index (χ2v) is 7.36. The van der Waals surface area contributed by atoms with E-state index in [1.54, 1.807) is 12.1 Å². The van der Waals surface area contributed by atoms with E-state index < -0.39 is 9.84 Å². The average Bonchev–Trinajstić information content (AvgIpc) is 2.97. The van der Waals surface area contributed by atoms with Crippen LogP contribution in [0, 0.1) is 0 Å².